The van der Waals surface area contributed by atoms with E-state index < -0.39 is 10.0 Å². The molecule has 0 aliphatic carbocycles. The summed E-state index contributed by atoms with van der Waals surface area (Å²) in [6.45, 7) is 2.45. The van der Waals surface area contributed by atoms with E-state index in [0.29, 0.717) is 18.7 Å². The molecule has 0 spiro atoms. The second-order valence-electron chi connectivity index (χ2n) is 4.59. The van der Waals surface area contributed by atoms with E-state index in [1.54, 1.807) is 12.1 Å². The zero-order valence-corrected chi connectivity index (χ0v) is 12.0. The van der Waals surface area contributed by atoms with E-state index in [2.05, 4.69) is 4.72 Å². The molecule has 0 heterocycles. The minimum absolute atomic E-state index is 0.0741. The summed E-state index contributed by atoms with van der Waals surface area (Å²) in [5.41, 5.74) is 6.00. The summed E-state index contributed by atoms with van der Waals surface area (Å²) >= 11 is 0. The lowest BCUT2D eigenvalue weighted by molar-refractivity contribution is 0.251. The zero-order valence-electron chi connectivity index (χ0n) is 11.2. The fourth-order valence-corrected chi connectivity index (χ4v) is 3.10. The molecule has 4 N–H and O–H groups in total. The number of benzene rings is 1. The maximum Gasteiger partial charge on any atom is 0.240 e. The summed E-state index contributed by atoms with van der Waals surface area (Å²) in [6.07, 6.45) is 2.46. The Hall–Kier alpha value is -1.11. The van der Waals surface area contributed by atoms with Gasteiger partial charge in [0.15, 0.2) is 0 Å². The Morgan fingerprint density at radius 3 is 2.68 bits per heavy atom. The van der Waals surface area contributed by atoms with Crippen LogP contribution < -0.4 is 10.5 Å². The highest BCUT2D eigenvalue weighted by Crippen LogP contribution is 2.14. The predicted octanol–water partition coefficient (Wildman–Crippen LogP) is 1.35. The standard InChI is InChI=1S/C13H22N2O3S/c1-2-4-11(7-8-16)10-15-19(17,18)13-6-3-5-12(14)9-13/h3,5-6,9,11,15-16H,2,4,7-8,10,14H2,1H3. The van der Waals surface area contributed by atoms with Gasteiger partial charge in [0, 0.05) is 18.8 Å². The van der Waals surface area contributed by atoms with Gasteiger partial charge in [-0.05, 0) is 37.0 Å². The van der Waals surface area contributed by atoms with Crippen LogP contribution in [0.4, 0.5) is 5.69 Å². The third-order valence-corrected chi connectivity index (χ3v) is 4.39. The van der Waals surface area contributed by atoms with E-state index >= 15 is 0 Å². The first-order valence-corrected chi connectivity index (χ1v) is 7.94. The third-order valence-electron chi connectivity index (χ3n) is 2.96. The Balaban J connectivity index is 2.69. The summed E-state index contributed by atoms with van der Waals surface area (Å²) < 4.78 is 26.7. The molecule has 1 atom stereocenters. The first-order chi connectivity index (χ1) is 8.99. The number of hydrogen-bond acceptors (Lipinski definition) is 4. The van der Waals surface area contributed by atoms with Crippen molar-refractivity contribution in [2.45, 2.75) is 31.1 Å². The number of nitrogens with one attached hydrogen (secondary N) is 1. The van der Waals surface area contributed by atoms with E-state index in [1.807, 2.05) is 6.92 Å². The summed E-state index contributed by atoms with van der Waals surface area (Å²) in [7, 11) is -3.53. The van der Waals surface area contributed by atoms with Crippen LogP contribution in [0, 0.1) is 5.92 Å². The number of aliphatic hydroxyl groups is 1. The summed E-state index contributed by atoms with van der Waals surface area (Å²) in [5, 5.41) is 8.95. The van der Waals surface area contributed by atoms with E-state index in [4.69, 9.17) is 10.8 Å². The Labute approximate surface area is 114 Å². The predicted molar refractivity (Wildman–Crippen MR) is 76.1 cm³/mol. The van der Waals surface area contributed by atoms with Gasteiger partial charge in [-0.2, -0.15) is 0 Å². The zero-order chi connectivity index (χ0) is 14.3. The Morgan fingerprint density at radius 2 is 2.11 bits per heavy atom. The van der Waals surface area contributed by atoms with Crippen molar-refractivity contribution in [2.24, 2.45) is 5.92 Å². The molecule has 19 heavy (non-hydrogen) atoms. The monoisotopic (exact) mass is 286 g/mol. The number of nitrogens with two attached hydrogens (primary N) is 1. The summed E-state index contributed by atoms with van der Waals surface area (Å²) in [6, 6.07) is 6.20. The van der Waals surface area contributed by atoms with Crippen LogP contribution in [0.25, 0.3) is 0 Å². The molecule has 0 saturated carbocycles. The quantitative estimate of drug-likeness (QED) is 0.629. The number of anilines is 1. The molecule has 1 aromatic carbocycles. The maximum absolute atomic E-state index is 12.1. The van der Waals surface area contributed by atoms with Gasteiger partial charge < -0.3 is 10.8 Å². The average Bonchev–Trinajstić information content (AvgIpc) is 2.37. The number of rotatable bonds is 8. The summed E-state index contributed by atoms with van der Waals surface area (Å²) in [4.78, 5) is 0.173. The number of sulfonamides is 1. The lowest BCUT2D eigenvalue weighted by Crippen LogP contribution is -2.30. The van der Waals surface area contributed by atoms with Crippen molar-refractivity contribution in [3.63, 3.8) is 0 Å². The van der Waals surface area contributed by atoms with Crippen LogP contribution >= 0.6 is 0 Å². The molecule has 108 valence electrons. The first kappa shape index (κ1) is 15.9. The second kappa shape index (κ2) is 7.47. The van der Waals surface area contributed by atoms with Gasteiger partial charge in [0.05, 0.1) is 4.90 Å². The second-order valence-corrected chi connectivity index (χ2v) is 6.36. The number of hydrogen-bond donors (Lipinski definition) is 3. The van der Waals surface area contributed by atoms with Crippen LogP contribution in [0.1, 0.15) is 26.2 Å². The van der Waals surface area contributed by atoms with Crippen molar-refractivity contribution >= 4 is 15.7 Å². The molecule has 1 aromatic rings. The summed E-state index contributed by atoms with van der Waals surface area (Å²) in [5.74, 6) is 0.158. The Bertz CT molecular complexity index is 482. The Kier molecular flexibility index (Phi) is 6.27. The van der Waals surface area contributed by atoms with Crippen molar-refractivity contribution in [3.05, 3.63) is 24.3 Å². The van der Waals surface area contributed by atoms with Gasteiger partial charge in [-0.1, -0.05) is 19.4 Å². The van der Waals surface area contributed by atoms with Gasteiger partial charge in [-0.25, -0.2) is 13.1 Å². The Morgan fingerprint density at radius 1 is 1.37 bits per heavy atom. The third kappa shape index (κ3) is 5.18. The van der Waals surface area contributed by atoms with Crippen molar-refractivity contribution in [3.8, 4) is 0 Å². The van der Waals surface area contributed by atoms with E-state index in [-0.39, 0.29) is 17.4 Å². The lowest BCUT2D eigenvalue weighted by atomic mass is 10.0. The van der Waals surface area contributed by atoms with Gasteiger partial charge in [0.2, 0.25) is 10.0 Å². The highest BCUT2D eigenvalue weighted by atomic mass is 32.2. The highest BCUT2D eigenvalue weighted by Gasteiger charge is 2.16. The minimum Gasteiger partial charge on any atom is -0.399 e. The normalized spacial score (nSPS) is 13.4. The van der Waals surface area contributed by atoms with Crippen molar-refractivity contribution < 1.29 is 13.5 Å². The maximum atomic E-state index is 12.1. The molecular weight excluding hydrogens is 264 g/mol. The van der Waals surface area contributed by atoms with Gasteiger partial charge in [-0.15, -0.1) is 0 Å². The molecule has 0 aliphatic heterocycles. The van der Waals surface area contributed by atoms with Crippen LogP contribution in [0.3, 0.4) is 0 Å². The molecule has 5 nitrogen and oxygen atoms in total. The van der Waals surface area contributed by atoms with Gasteiger partial charge in [0.1, 0.15) is 0 Å². The van der Waals surface area contributed by atoms with Crippen molar-refractivity contribution in [2.75, 3.05) is 18.9 Å². The average molecular weight is 286 g/mol. The van der Waals surface area contributed by atoms with Crippen molar-refractivity contribution in [1.29, 1.82) is 0 Å². The highest BCUT2D eigenvalue weighted by molar-refractivity contribution is 7.89. The number of aliphatic hydroxyl groups excluding tert-OH is 1. The van der Waals surface area contributed by atoms with Crippen molar-refractivity contribution in [1.82, 2.24) is 4.72 Å². The molecular formula is C13H22N2O3S. The molecule has 0 fully saturated rings. The molecule has 0 saturated heterocycles. The largest absolute Gasteiger partial charge is 0.399 e. The molecule has 1 rings (SSSR count). The van der Waals surface area contributed by atoms with Crippen LogP contribution in [0.5, 0.6) is 0 Å². The fourth-order valence-electron chi connectivity index (χ4n) is 1.93. The first-order valence-electron chi connectivity index (χ1n) is 6.45. The van der Waals surface area contributed by atoms with E-state index in [9.17, 15) is 8.42 Å². The molecule has 0 aromatic heterocycles. The smallest absolute Gasteiger partial charge is 0.240 e. The molecule has 0 radical (unpaired) electrons. The van der Waals surface area contributed by atoms with Crippen LogP contribution in [0.2, 0.25) is 0 Å². The van der Waals surface area contributed by atoms with Crippen LogP contribution in [0.15, 0.2) is 29.2 Å². The molecule has 1 unspecified atom stereocenters. The molecule has 6 heteroatoms. The SMILES string of the molecule is CCCC(CCO)CNS(=O)(=O)c1cccc(N)c1. The fraction of sp³-hybridized carbons (Fsp3) is 0.538. The molecule has 0 bridgehead atoms. The van der Waals surface area contributed by atoms with E-state index in [1.165, 1.54) is 12.1 Å². The van der Waals surface area contributed by atoms with Gasteiger partial charge in [0.25, 0.3) is 0 Å². The van der Waals surface area contributed by atoms with E-state index in [0.717, 1.165) is 12.8 Å². The van der Waals surface area contributed by atoms with Crippen LogP contribution in [-0.4, -0.2) is 26.7 Å². The van der Waals surface area contributed by atoms with Gasteiger partial charge >= 0.3 is 0 Å². The topological polar surface area (TPSA) is 92.4 Å². The molecule has 0 aliphatic rings. The minimum atomic E-state index is -3.53. The lowest BCUT2D eigenvalue weighted by Gasteiger charge is -2.16. The molecule has 0 amide bonds. The van der Waals surface area contributed by atoms with Crippen LogP contribution in [-0.2, 0) is 10.0 Å². The number of nitrogen functional groups attached to an aromatic ring is 1. The van der Waals surface area contributed by atoms with Gasteiger partial charge in [-0.3, -0.25) is 0 Å².